The molecule has 0 rings (SSSR count). The molecule has 14 heavy (non-hydrogen) atoms. The number of hydrogen-bond donors (Lipinski definition) is 1. The predicted molar refractivity (Wildman–Crippen MR) is 57.6 cm³/mol. The highest BCUT2D eigenvalue weighted by Gasteiger charge is 2.26. The molecule has 0 aromatic rings. The Balaban J connectivity index is 3.93. The Hall–Kier alpha value is -0.843. The van der Waals surface area contributed by atoms with E-state index < -0.39 is 15.1 Å². The molecule has 0 saturated carbocycles. The van der Waals surface area contributed by atoms with Crippen molar-refractivity contribution in [3.8, 4) is 0 Å². The van der Waals surface area contributed by atoms with Gasteiger partial charge >= 0.3 is 5.97 Å². The fraction of sp³-hybridized carbons (Fsp3) is 0.778. The quantitative estimate of drug-likeness (QED) is 0.529. The molecule has 0 atom stereocenters. The highest BCUT2D eigenvalue weighted by Crippen LogP contribution is 2.20. The first-order valence-electron chi connectivity index (χ1n) is 4.82. The fourth-order valence-corrected chi connectivity index (χ4v) is 1.76. The largest absolute Gasteiger partial charge is 0.466 e. The average Bonchev–Trinajstić information content (AvgIpc) is 2.03. The first kappa shape index (κ1) is 13.2. The number of esters is 1. The number of rotatable bonds is 5. The standard InChI is InChI=1S/C9H19NO3Si/c1-7(11)13-6-5-9(2,3)8(12)10-14-4/h5-6,14H2,1-4H3,(H,10,12). The van der Waals surface area contributed by atoms with Gasteiger partial charge in [0.15, 0.2) is 0 Å². The van der Waals surface area contributed by atoms with Gasteiger partial charge in [-0.05, 0) is 6.42 Å². The van der Waals surface area contributed by atoms with Gasteiger partial charge in [0.25, 0.3) is 0 Å². The van der Waals surface area contributed by atoms with E-state index in [2.05, 4.69) is 4.98 Å². The van der Waals surface area contributed by atoms with Gasteiger partial charge in [0.1, 0.15) is 9.68 Å². The van der Waals surface area contributed by atoms with Crippen LogP contribution in [0.15, 0.2) is 0 Å². The van der Waals surface area contributed by atoms with Crippen LogP contribution in [0.3, 0.4) is 0 Å². The fourth-order valence-electron chi connectivity index (χ4n) is 0.963. The normalized spacial score (nSPS) is 11.7. The molecule has 4 nitrogen and oxygen atoms in total. The second kappa shape index (κ2) is 5.80. The topological polar surface area (TPSA) is 55.4 Å². The van der Waals surface area contributed by atoms with Gasteiger partial charge in [-0.3, -0.25) is 9.59 Å². The minimum Gasteiger partial charge on any atom is -0.466 e. The second-order valence-electron chi connectivity index (χ2n) is 3.83. The van der Waals surface area contributed by atoms with Crippen molar-refractivity contribution in [3.63, 3.8) is 0 Å². The third-order valence-corrected chi connectivity index (χ3v) is 2.66. The van der Waals surface area contributed by atoms with E-state index in [0.29, 0.717) is 13.0 Å². The summed E-state index contributed by atoms with van der Waals surface area (Å²) >= 11 is 0. The van der Waals surface area contributed by atoms with Crippen molar-refractivity contribution in [2.24, 2.45) is 5.41 Å². The zero-order chi connectivity index (χ0) is 11.2. The molecule has 0 aliphatic heterocycles. The van der Waals surface area contributed by atoms with Crippen LogP contribution in [0.25, 0.3) is 0 Å². The molecule has 1 N–H and O–H groups in total. The van der Waals surface area contributed by atoms with Crippen LogP contribution < -0.4 is 4.98 Å². The summed E-state index contributed by atoms with van der Waals surface area (Å²) in [5.74, 6) is -0.245. The Morgan fingerprint density at radius 1 is 1.43 bits per heavy atom. The molecule has 1 amide bonds. The zero-order valence-corrected chi connectivity index (χ0v) is 10.8. The van der Waals surface area contributed by atoms with E-state index in [1.807, 2.05) is 20.4 Å². The molecule has 0 aliphatic rings. The highest BCUT2D eigenvalue weighted by atomic mass is 28.2. The predicted octanol–water partition coefficient (Wildman–Crippen LogP) is 0.214. The van der Waals surface area contributed by atoms with Crippen molar-refractivity contribution in [3.05, 3.63) is 0 Å². The van der Waals surface area contributed by atoms with Crippen molar-refractivity contribution in [2.75, 3.05) is 6.61 Å². The van der Waals surface area contributed by atoms with Crippen LogP contribution in [-0.4, -0.2) is 28.2 Å². The van der Waals surface area contributed by atoms with E-state index in [1.165, 1.54) is 6.92 Å². The van der Waals surface area contributed by atoms with Crippen LogP contribution in [-0.2, 0) is 14.3 Å². The van der Waals surface area contributed by atoms with Gasteiger partial charge in [-0.1, -0.05) is 20.4 Å². The number of carbonyl (C=O) groups excluding carboxylic acids is 2. The lowest BCUT2D eigenvalue weighted by Crippen LogP contribution is -2.38. The maximum absolute atomic E-state index is 11.5. The SMILES string of the molecule is C[SiH2]NC(=O)C(C)(C)CCOC(C)=O. The zero-order valence-electron chi connectivity index (χ0n) is 9.35. The van der Waals surface area contributed by atoms with Crippen molar-refractivity contribution in [2.45, 2.75) is 33.7 Å². The van der Waals surface area contributed by atoms with E-state index in [-0.39, 0.29) is 11.9 Å². The summed E-state index contributed by atoms with van der Waals surface area (Å²) in [6, 6.07) is 0. The molecule has 0 aromatic heterocycles. The lowest BCUT2D eigenvalue weighted by atomic mass is 9.89. The molecule has 0 aliphatic carbocycles. The molecular weight excluding hydrogens is 198 g/mol. The molecule has 5 heteroatoms. The van der Waals surface area contributed by atoms with Gasteiger partial charge in [0.05, 0.1) is 6.61 Å². The van der Waals surface area contributed by atoms with E-state index in [9.17, 15) is 9.59 Å². The molecular formula is C9H19NO3Si. The Morgan fingerprint density at radius 3 is 2.43 bits per heavy atom. The first-order valence-corrected chi connectivity index (χ1v) is 6.94. The van der Waals surface area contributed by atoms with E-state index in [0.717, 1.165) is 0 Å². The van der Waals surface area contributed by atoms with Crippen molar-refractivity contribution >= 4 is 21.6 Å². The van der Waals surface area contributed by atoms with Crippen molar-refractivity contribution in [1.82, 2.24) is 4.98 Å². The van der Waals surface area contributed by atoms with E-state index >= 15 is 0 Å². The van der Waals surface area contributed by atoms with Crippen LogP contribution in [0.1, 0.15) is 27.2 Å². The Morgan fingerprint density at radius 2 is 2.00 bits per heavy atom. The number of ether oxygens (including phenoxy) is 1. The van der Waals surface area contributed by atoms with Crippen LogP contribution in [0, 0.1) is 5.41 Å². The maximum Gasteiger partial charge on any atom is 0.302 e. The highest BCUT2D eigenvalue weighted by molar-refractivity contribution is 6.35. The van der Waals surface area contributed by atoms with Gasteiger partial charge in [0.2, 0.25) is 5.91 Å². The lowest BCUT2D eigenvalue weighted by molar-refractivity contribution is -0.143. The molecule has 82 valence electrons. The third kappa shape index (κ3) is 5.01. The van der Waals surface area contributed by atoms with E-state index in [1.54, 1.807) is 0 Å². The van der Waals surface area contributed by atoms with Gasteiger partial charge in [-0.15, -0.1) is 0 Å². The Kier molecular flexibility index (Phi) is 5.45. The van der Waals surface area contributed by atoms with Gasteiger partial charge in [-0.25, -0.2) is 0 Å². The van der Waals surface area contributed by atoms with Gasteiger partial charge in [-0.2, -0.15) is 0 Å². The summed E-state index contributed by atoms with van der Waals surface area (Å²) in [7, 11) is -0.459. The summed E-state index contributed by atoms with van der Waals surface area (Å²) in [4.78, 5) is 24.9. The van der Waals surface area contributed by atoms with Gasteiger partial charge in [0, 0.05) is 12.3 Å². The maximum atomic E-state index is 11.5. The third-order valence-electron chi connectivity index (χ3n) is 1.98. The summed E-state index contributed by atoms with van der Waals surface area (Å²) in [6.07, 6.45) is 0.562. The molecule has 0 bridgehead atoms. The molecule has 0 radical (unpaired) electrons. The Bertz CT molecular complexity index is 216. The minimum atomic E-state index is -0.459. The average molecular weight is 217 g/mol. The summed E-state index contributed by atoms with van der Waals surface area (Å²) < 4.78 is 4.80. The molecule has 0 heterocycles. The van der Waals surface area contributed by atoms with Crippen molar-refractivity contribution in [1.29, 1.82) is 0 Å². The van der Waals surface area contributed by atoms with E-state index in [4.69, 9.17) is 4.74 Å². The first-order chi connectivity index (χ1) is 6.40. The number of nitrogens with one attached hydrogen (secondary N) is 1. The van der Waals surface area contributed by atoms with Crippen LogP contribution in [0.5, 0.6) is 0 Å². The number of carbonyl (C=O) groups is 2. The summed E-state index contributed by atoms with van der Waals surface area (Å²) in [5.41, 5.74) is -0.446. The second-order valence-corrected chi connectivity index (χ2v) is 4.89. The number of amides is 1. The monoisotopic (exact) mass is 217 g/mol. The minimum absolute atomic E-state index is 0.0545. The Labute approximate surface area is 87.3 Å². The molecule has 0 aromatic carbocycles. The van der Waals surface area contributed by atoms with Crippen molar-refractivity contribution < 1.29 is 14.3 Å². The summed E-state index contributed by atoms with van der Waals surface area (Å²) in [5, 5.41) is 0. The smallest absolute Gasteiger partial charge is 0.302 e. The van der Waals surface area contributed by atoms with Crippen LogP contribution >= 0.6 is 0 Å². The molecule has 0 saturated heterocycles. The van der Waals surface area contributed by atoms with Crippen LogP contribution in [0.4, 0.5) is 0 Å². The number of hydrogen-bond acceptors (Lipinski definition) is 3. The van der Waals surface area contributed by atoms with Gasteiger partial charge < -0.3 is 9.72 Å². The molecule has 0 spiro atoms. The lowest BCUT2D eigenvalue weighted by Gasteiger charge is -2.22. The summed E-state index contributed by atoms with van der Waals surface area (Å²) in [6.45, 7) is 7.40. The molecule has 0 unspecified atom stereocenters. The van der Waals surface area contributed by atoms with Crippen LogP contribution in [0.2, 0.25) is 6.55 Å². The molecule has 0 fully saturated rings.